The standard InChI is InChI=1S/C13H26N2/c1-15-10-6-2-3-8-13(15)12-7-4-5-9-14-11-12/h12-14H,2-11H2,1H3. The second kappa shape index (κ2) is 5.86. The first kappa shape index (κ1) is 11.4. The van der Waals surface area contributed by atoms with Crippen LogP contribution in [-0.4, -0.2) is 37.6 Å². The quantitative estimate of drug-likeness (QED) is 0.714. The van der Waals surface area contributed by atoms with Gasteiger partial charge in [0.1, 0.15) is 0 Å². The maximum atomic E-state index is 3.61. The zero-order valence-electron chi connectivity index (χ0n) is 10.2. The van der Waals surface area contributed by atoms with Crippen molar-refractivity contribution in [3.05, 3.63) is 0 Å². The summed E-state index contributed by atoms with van der Waals surface area (Å²) in [4.78, 5) is 2.63. The third-order valence-electron chi connectivity index (χ3n) is 4.21. The molecular formula is C13H26N2. The lowest BCUT2D eigenvalue weighted by Gasteiger charge is -2.32. The molecule has 2 fully saturated rings. The first-order valence-corrected chi connectivity index (χ1v) is 6.79. The Morgan fingerprint density at radius 1 is 1.00 bits per heavy atom. The van der Waals surface area contributed by atoms with Gasteiger partial charge in [-0.2, -0.15) is 0 Å². The maximum absolute atomic E-state index is 3.61. The summed E-state index contributed by atoms with van der Waals surface area (Å²) in [5, 5.41) is 3.61. The van der Waals surface area contributed by atoms with Gasteiger partial charge < -0.3 is 10.2 Å². The molecule has 2 atom stereocenters. The number of hydrogen-bond donors (Lipinski definition) is 1. The topological polar surface area (TPSA) is 15.3 Å². The predicted molar refractivity (Wildman–Crippen MR) is 65.1 cm³/mol. The first-order chi connectivity index (χ1) is 7.38. The Labute approximate surface area is 94.4 Å². The van der Waals surface area contributed by atoms with Crippen LogP contribution in [0.25, 0.3) is 0 Å². The minimum Gasteiger partial charge on any atom is -0.316 e. The largest absolute Gasteiger partial charge is 0.316 e. The van der Waals surface area contributed by atoms with E-state index in [1.807, 2.05) is 0 Å². The van der Waals surface area contributed by atoms with E-state index >= 15 is 0 Å². The minimum absolute atomic E-state index is 0.859. The third-order valence-corrected chi connectivity index (χ3v) is 4.21. The number of nitrogens with zero attached hydrogens (tertiary/aromatic N) is 1. The summed E-state index contributed by atoms with van der Waals surface area (Å²) in [7, 11) is 2.33. The SMILES string of the molecule is CN1CCCCCC1C1CCCCNC1. The van der Waals surface area contributed by atoms with Gasteiger partial charge >= 0.3 is 0 Å². The molecule has 0 spiro atoms. The normalized spacial score (nSPS) is 35.8. The Morgan fingerprint density at radius 3 is 2.80 bits per heavy atom. The number of hydrogen-bond acceptors (Lipinski definition) is 2. The van der Waals surface area contributed by atoms with Crippen molar-refractivity contribution in [2.75, 3.05) is 26.7 Å². The Balaban J connectivity index is 1.92. The summed E-state index contributed by atoms with van der Waals surface area (Å²) in [5.74, 6) is 0.913. The van der Waals surface area contributed by atoms with Crippen LogP contribution in [0, 0.1) is 5.92 Å². The third kappa shape index (κ3) is 3.18. The van der Waals surface area contributed by atoms with Gasteiger partial charge in [0.15, 0.2) is 0 Å². The molecular weight excluding hydrogens is 184 g/mol. The van der Waals surface area contributed by atoms with E-state index in [4.69, 9.17) is 0 Å². The fraction of sp³-hybridized carbons (Fsp3) is 1.00. The molecule has 0 aromatic carbocycles. The Bertz CT molecular complexity index is 173. The van der Waals surface area contributed by atoms with Crippen LogP contribution in [0.4, 0.5) is 0 Å². The highest BCUT2D eigenvalue weighted by Crippen LogP contribution is 2.25. The molecule has 0 aromatic heterocycles. The molecule has 0 aliphatic carbocycles. The van der Waals surface area contributed by atoms with Gasteiger partial charge in [-0.3, -0.25) is 0 Å². The molecule has 0 saturated carbocycles. The molecule has 2 heterocycles. The maximum Gasteiger partial charge on any atom is 0.0133 e. The summed E-state index contributed by atoms with van der Waals surface area (Å²) < 4.78 is 0. The summed E-state index contributed by atoms with van der Waals surface area (Å²) in [6.45, 7) is 3.82. The van der Waals surface area contributed by atoms with E-state index < -0.39 is 0 Å². The van der Waals surface area contributed by atoms with Gasteiger partial charge in [-0.15, -0.1) is 0 Å². The molecule has 0 aromatic rings. The molecule has 0 radical (unpaired) electrons. The monoisotopic (exact) mass is 210 g/mol. The zero-order valence-corrected chi connectivity index (χ0v) is 10.2. The van der Waals surface area contributed by atoms with E-state index in [1.54, 1.807) is 0 Å². The van der Waals surface area contributed by atoms with Crippen molar-refractivity contribution >= 4 is 0 Å². The molecule has 0 bridgehead atoms. The van der Waals surface area contributed by atoms with Crippen LogP contribution in [0.15, 0.2) is 0 Å². The van der Waals surface area contributed by atoms with Crippen LogP contribution in [0.5, 0.6) is 0 Å². The number of likely N-dealkylation sites (tertiary alicyclic amines) is 1. The summed E-state index contributed by atoms with van der Waals surface area (Å²) in [5.41, 5.74) is 0. The second-order valence-corrected chi connectivity index (χ2v) is 5.36. The van der Waals surface area contributed by atoms with Gasteiger partial charge in [0.05, 0.1) is 0 Å². The summed E-state index contributed by atoms with van der Waals surface area (Å²) in [6, 6.07) is 0.859. The average Bonchev–Trinajstić information content (AvgIpc) is 2.59. The summed E-state index contributed by atoms with van der Waals surface area (Å²) in [6.07, 6.45) is 10.00. The van der Waals surface area contributed by atoms with Crippen molar-refractivity contribution in [3.8, 4) is 0 Å². The van der Waals surface area contributed by atoms with Crippen LogP contribution in [-0.2, 0) is 0 Å². The van der Waals surface area contributed by atoms with E-state index in [1.165, 1.54) is 64.6 Å². The smallest absolute Gasteiger partial charge is 0.0133 e. The van der Waals surface area contributed by atoms with Crippen LogP contribution in [0.3, 0.4) is 0 Å². The zero-order chi connectivity index (χ0) is 10.5. The Hall–Kier alpha value is -0.0800. The van der Waals surface area contributed by atoms with Crippen molar-refractivity contribution in [2.45, 2.75) is 51.0 Å². The highest BCUT2D eigenvalue weighted by atomic mass is 15.1. The molecule has 1 N–H and O–H groups in total. The van der Waals surface area contributed by atoms with Crippen LogP contribution in [0.1, 0.15) is 44.9 Å². The van der Waals surface area contributed by atoms with E-state index in [-0.39, 0.29) is 0 Å². The second-order valence-electron chi connectivity index (χ2n) is 5.36. The van der Waals surface area contributed by atoms with Crippen molar-refractivity contribution in [2.24, 2.45) is 5.92 Å². The van der Waals surface area contributed by atoms with Gasteiger partial charge in [-0.1, -0.05) is 19.3 Å². The predicted octanol–water partition coefficient (Wildman–Crippen LogP) is 2.25. The van der Waals surface area contributed by atoms with Gasteiger partial charge in [0.25, 0.3) is 0 Å². The minimum atomic E-state index is 0.859. The lowest BCUT2D eigenvalue weighted by Crippen LogP contribution is -2.41. The molecule has 2 aliphatic heterocycles. The van der Waals surface area contributed by atoms with Crippen molar-refractivity contribution in [1.82, 2.24) is 10.2 Å². The first-order valence-electron chi connectivity index (χ1n) is 6.79. The number of rotatable bonds is 1. The lowest BCUT2D eigenvalue weighted by molar-refractivity contribution is 0.170. The van der Waals surface area contributed by atoms with Crippen molar-refractivity contribution in [3.63, 3.8) is 0 Å². The molecule has 2 nitrogen and oxygen atoms in total. The fourth-order valence-electron chi connectivity index (χ4n) is 3.25. The van der Waals surface area contributed by atoms with Gasteiger partial charge in [-0.05, 0) is 58.3 Å². The molecule has 2 aliphatic rings. The summed E-state index contributed by atoms with van der Waals surface area (Å²) >= 11 is 0. The lowest BCUT2D eigenvalue weighted by atomic mass is 9.91. The highest BCUT2D eigenvalue weighted by Gasteiger charge is 2.26. The molecule has 2 rings (SSSR count). The van der Waals surface area contributed by atoms with Crippen molar-refractivity contribution < 1.29 is 0 Å². The van der Waals surface area contributed by atoms with Crippen molar-refractivity contribution in [1.29, 1.82) is 0 Å². The molecule has 2 saturated heterocycles. The molecule has 2 heteroatoms. The van der Waals surface area contributed by atoms with Gasteiger partial charge in [0.2, 0.25) is 0 Å². The van der Waals surface area contributed by atoms with Crippen LogP contribution in [0.2, 0.25) is 0 Å². The molecule has 2 unspecified atom stereocenters. The Morgan fingerprint density at radius 2 is 1.87 bits per heavy atom. The Kier molecular flexibility index (Phi) is 4.45. The number of nitrogens with one attached hydrogen (secondary N) is 1. The average molecular weight is 210 g/mol. The van der Waals surface area contributed by atoms with Crippen LogP contribution < -0.4 is 5.32 Å². The fourth-order valence-corrected chi connectivity index (χ4v) is 3.25. The van der Waals surface area contributed by atoms with E-state index in [0.29, 0.717) is 0 Å². The van der Waals surface area contributed by atoms with Gasteiger partial charge in [-0.25, -0.2) is 0 Å². The molecule has 0 amide bonds. The van der Waals surface area contributed by atoms with E-state index in [2.05, 4.69) is 17.3 Å². The van der Waals surface area contributed by atoms with Gasteiger partial charge in [0, 0.05) is 6.04 Å². The molecule has 15 heavy (non-hydrogen) atoms. The molecule has 88 valence electrons. The van der Waals surface area contributed by atoms with Crippen LogP contribution >= 0.6 is 0 Å². The van der Waals surface area contributed by atoms with E-state index in [9.17, 15) is 0 Å². The highest BCUT2D eigenvalue weighted by molar-refractivity contribution is 4.82. The van der Waals surface area contributed by atoms with E-state index in [0.717, 1.165) is 12.0 Å².